The zero-order chi connectivity index (χ0) is 11.7. The van der Waals surface area contributed by atoms with Crippen molar-refractivity contribution in [1.29, 1.82) is 0 Å². The predicted octanol–water partition coefficient (Wildman–Crippen LogP) is 2.15. The molecule has 0 radical (unpaired) electrons. The van der Waals surface area contributed by atoms with E-state index in [9.17, 15) is 14.6 Å². The van der Waals surface area contributed by atoms with Crippen LogP contribution >= 0.6 is 11.6 Å². The zero-order valence-electron chi connectivity index (χ0n) is 8.74. The summed E-state index contributed by atoms with van der Waals surface area (Å²) in [5.41, 5.74) is 0.662. The molecule has 0 amide bonds. The smallest absolute Gasteiger partial charge is 0.124 e. The van der Waals surface area contributed by atoms with Crippen molar-refractivity contribution in [1.82, 2.24) is 0 Å². The Morgan fingerprint density at radius 1 is 1.38 bits per heavy atom. The van der Waals surface area contributed by atoms with Gasteiger partial charge in [0.2, 0.25) is 0 Å². The molecule has 1 aliphatic rings. The molecule has 0 heterocycles. The molecule has 0 aromatic heterocycles. The van der Waals surface area contributed by atoms with Gasteiger partial charge < -0.3 is 10.2 Å². The van der Waals surface area contributed by atoms with Gasteiger partial charge in [-0.3, -0.25) is 0 Å². The normalized spacial score (nSPS) is 19.5. The number of aliphatic hydroxyl groups is 2. The monoisotopic (exact) mass is 244 g/mol. The van der Waals surface area contributed by atoms with Crippen LogP contribution in [-0.2, 0) is 6.42 Å². The summed E-state index contributed by atoms with van der Waals surface area (Å²) in [5, 5.41) is 19.8. The molecule has 1 fully saturated rings. The molecule has 1 saturated carbocycles. The highest BCUT2D eigenvalue weighted by Crippen LogP contribution is 2.34. The van der Waals surface area contributed by atoms with Crippen LogP contribution in [-0.4, -0.2) is 22.4 Å². The van der Waals surface area contributed by atoms with Crippen molar-refractivity contribution in [2.75, 3.05) is 0 Å². The molecule has 1 aromatic carbocycles. The lowest BCUT2D eigenvalue weighted by Crippen LogP contribution is -2.29. The molecule has 1 aliphatic carbocycles. The van der Waals surface area contributed by atoms with Gasteiger partial charge in [-0.2, -0.15) is 0 Å². The minimum absolute atomic E-state index is 0.217. The minimum atomic E-state index is -0.824. The van der Waals surface area contributed by atoms with Gasteiger partial charge in [0.25, 0.3) is 0 Å². The molecule has 16 heavy (non-hydrogen) atoms. The van der Waals surface area contributed by atoms with Crippen molar-refractivity contribution in [2.45, 2.75) is 31.5 Å². The number of hydrogen-bond donors (Lipinski definition) is 2. The Morgan fingerprint density at radius 2 is 2.06 bits per heavy atom. The van der Waals surface area contributed by atoms with Crippen LogP contribution < -0.4 is 0 Å². The fourth-order valence-corrected chi connectivity index (χ4v) is 2.03. The van der Waals surface area contributed by atoms with Crippen LogP contribution in [0.15, 0.2) is 18.2 Å². The Balaban J connectivity index is 2.02. The molecule has 1 aromatic rings. The van der Waals surface area contributed by atoms with Crippen molar-refractivity contribution in [3.8, 4) is 0 Å². The number of hydrogen-bond acceptors (Lipinski definition) is 2. The molecular weight excluding hydrogens is 231 g/mol. The van der Waals surface area contributed by atoms with Crippen molar-refractivity contribution >= 4 is 11.6 Å². The van der Waals surface area contributed by atoms with Crippen LogP contribution in [0.25, 0.3) is 0 Å². The first kappa shape index (κ1) is 11.8. The molecule has 2 nitrogen and oxygen atoms in total. The second-order valence-corrected chi connectivity index (χ2v) is 4.74. The number of benzene rings is 1. The van der Waals surface area contributed by atoms with E-state index in [0.717, 1.165) is 12.8 Å². The zero-order valence-corrected chi connectivity index (χ0v) is 9.49. The number of halogens is 2. The van der Waals surface area contributed by atoms with E-state index in [-0.39, 0.29) is 12.3 Å². The fourth-order valence-electron chi connectivity index (χ4n) is 1.79. The molecule has 2 N–H and O–H groups in total. The lowest BCUT2D eigenvalue weighted by atomic mass is 10.0. The highest BCUT2D eigenvalue weighted by atomic mass is 35.5. The van der Waals surface area contributed by atoms with Gasteiger partial charge in [0.15, 0.2) is 0 Å². The third-order valence-corrected chi connectivity index (χ3v) is 3.30. The van der Waals surface area contributed by atoms with Gasteiger partial charge in [0, 0.05) is 11.4 Å². The first-order chi connectivity index (χ1) is 7.58. The fraction of sp³-hybridized carbons (Fsp3) is 0.500. The van der Waals surface area contributed by atoms with Crippen molar-refractivity contribution in [2.24, 2.45) is 5.92 Å². The average molecular weight is 245 g/mol. The molecule has 4 heteroatoms. The van der Waals surface area contributed by atoms with Crippen molar-refractivity contribution < 1.29 is 14.6 Å². The summed E-state index contributed by atoms with van der Waals surface area (Å²) in [4.78, 5) is 0. The molecule has 88 valence electrons. The Bertz CT molecular complexity index is 379. The Kier molecular flexibility index (Phi) is 3.47. The maximum Gasteiger partial charge on any atom is 0.124 e. The van der Waals surface area contributed by atoms with Crippen LogP contribution in [0.4, 0.5) is 4.39 Å². The maximum atomic E-state index is 12.8. The van der Waals surface area contributed by atoms with Gasteiger partial charge in [-0.05, 0) is 36.5 Å². The van der Waals surface area contributed by atoms with Gasteiger partial charge in [0.1, 0.15) is 5.82 Å². The van der Waals surface area contributed by atoms with Crippen LogP contribution in [0.3, 0.4) is 0 Å². The highest BCUT2D eigenvalue weighted by molar-refractivity contribution is 6.31. The van der Waals surface area contributed by atoms with Crippen molar-refractivity contribution in [3.05, 3.63) is 34.6 Å². The van der Waals surface area contributed by atoms with E-state index in [1.807, 2.05) is 0 Å². The van der Waals surface area contributed by atoms with Gasteiger partial charge in [-0.1, -0.05) is 17.7 Å². The summed E-state index contributed by atoms with van der Waals surface area (Å²) in [6, 6.07) is 4.06. The van der Waals surface area contributed by atoms with Crippen LogP contribution in [0, 0.1) is 11.7 Å². The summed E-state index contributed by atoms with van der Waals surface area (Å²) in [5.74, 6) is -0.180. The van der Waals surface area contributed by atoms with Gasteiger partial charge >= 0.3 is 0 Å². The summed E-state index contributed by atoms with van der Waals surface area (Å²) >= 11 is 5.84. The second kappa shape index (κ2) is 4.70. The SMILES string of the molecule is OC(Cc1ccc(F)cc1Cl)C(O)C1CC1. The number of aliphatic hydroxyl groups excluding tert-OH is 2. The van der Waals surface area contributed by atoms with E-state index >= 15 is 0 Å². The average Bonchev–Trinajstić information content (AvgIpc) is 3.04. The van der Waals surface area contributed by atoms with E-state index in [1.54, 1.807) is 6.07 Å². The largest absolute Gasteiger partial charge is 0.390 e. The van der Waals surface area contributed by atoms with Gasteiger partial charge in [-0.25, -0.2) is 4.39 Å². The standard InChI is InChI=1S/C12H14ClFO2/c13-10-6-9(14)4-3-8(10)5-11(15)12(16)7-1-2-7/h3-4,6-7,11-12,15-16H,1-2,5H2. The van der Waals surface area contributed by atoms with E-state index in [0.29, 0.717) is 10.6 Å². The van der Waals surface area contributed by atoms with Gasteiger partial charge in [-0.15, -0.1) is 0 Å². The molecule has 0 spiro atoms. The predicted molar refractivity (Wildman–Crippen MR) is 59.9 cm³/mol. The number of rotatable bonds is 4. The molecule has 0 bridgehead atoms. The topological polar surface area (TPSA) is 40.5 Å². The van der Waals surface area contributed by atoms with Gasteiger partial charge in [0.05, 0.1) is 12.2 Å². The van der Waals surface area contributed by atoms with E-state index in [1.165, 1.54) is 12.1 Å². The van der Waals surface area contributed by atoms with Crippen LogP contribution in [0.5, 0.6) is 0 Å². The quantitative estimate of drug-likeness (QED) is 0.852. The first-order valence-corrected chi connectivity index (χ1v) is 5.76. The summed E-state index contributed by atoms with van der Waals surface area (Å²) in [7, 11) is 0. The minimum Gasteiger partial charge on any atom is -0.390 e. The summed E-state index contributed by atoms with van der Waals surface area (Å²) < 4.78 is 12.8. The summed E-state index contributed by atoms with van der Waals surface area (Å²) in [6.07, 6.45) is 0.679. The van der Waals surface area contributed by atoms with Crippen LogP contribution in [0.1, 0.15) is 18.4 Å². The molecule has 0 aliphatic heterocycles. The lowest BCUT2D eigenvalue weighted by molar-refractivity contribution is 0.00674. The molecule has 2 rings (SSSR count). The van der Waals surface area contributed by atoms with Crippen LogP contribution in [0.2, 0.25) is 5.02 Å². The molecule has 0 saturated heterocycles. The first-order valence-electron chi connectivity index (χ1n) is 5.38. The Morgan fingerprint density at radius 3 is 2.62 bits per heavy atom. The maximum absolute atomic E-state index is 12.8. The van der Waals surface area contributed by atoms with Crippen molar-refractivity contribution in [3.63, 3.8) is 0 Å². The summed E-state index contributed by atoms with van der Waals surface area (Å²) in [6.45, 7) is 0. The molecular formula is C12H14ClFO2. The van der Waals surface area contributed by atoms with E-state index < -0.39 is 18.0 Å². The Labute approximate surface area is 98.7 Å². The molecule has 2 atom stereocenters. The Hall–Kier alpha value is -0.640. The van der Waals surface area contributed by atoms with E-state index in [4.69, 9.17) is 11.6 Å². The highest BCUT2D eigenvalue weighted by Gasteiger charge is 2.34. The second-order valence-electron chi connectivity index (χ2n) is 4.34. The lowest BCUT2D eigenvalue weighted by Gasteiger charge is -2.17. The third-order valence-electron chi connectivity index (χ3n) is 2.94. The van der Waals surface area contributed by atoms with E-state index in [2.05, 4.69) is 0 Å². The molecule has 2 unspecified atom stereocenters. The third kappa shape index (κ3) is 2.73.